The van der Waals surface area contributed by atoms with Crippen LogP contribution >= 0.6 is 0 Å². The van der Waals surface area contributed by atoms with Gasteiger partial charge in [0.25, 0.3) is 5.91 Å². The SMILES string of the molecule is COc1ccc(/C=C2/C[C@@H](C)Cc3c2nc2ccccc2c3C(=O)OCC(=O)NCCCN2CCCC2=O)cc1. The largest absolute Gasteiger partial charge is 0.497 e. The number of rotatable bonds is 9. The molecule has 1 aliphatic carbocycles. The first kappa shape index (κ1) is 27.4. The lowest BCUT2D eigenvalue weighted by molar-refractivity contribution is -0.127. The number of ether oxygens (including phenoxy) is 2. The van der Waals surface area contributed by atoms with E-state index in [0.29, 0.717) is 49.4 Å². The molecule has 0 bridgehead atoms. The van der Waals surface area contributed by atoms with Crippen molar-refractivity contribution in [1.29, 1.82) is 0 Å². The molecule has 1 aliphatic heterocycles. The molecule has 2 heterocycles. The van der Waals surface area contributed by atoms with Crippen molar-refractivity contribution in [3.63, 3.8) is 0 Å². The van der Waals surface area contributed by atoms with Crippen LogP contribution in [0, 0.1) is 5.92 Å². The second kappa shape index (κ2) is 12.3. The number of methoxy groups -OCH3 is 1. The van der Waals surface area contributed by atoms with Crippen molar-refractivity contribution in [2.75, 3.05) is 33.4 Å². The molecule has 1 aromatic heterocycles. The molecule has 8 heteroatoms. The molecule has 2 amide bonds. The Bertz CT molecular complexity index is 1450. The summed E-state index contributed by atoms with van der Waals surface area (Å²) in [5.41, 5.74) is 4.95. The van der Waals surface area contributed by atoms with Crippen LogP contribution in [0.2, 0.25) is 0 Å². The van der Waals surface area contributed by atoms with E-state index in [2.05, 4.69) is 18.3 Å². The van der Waals surface area contributed by atoms with E-state index in [-0.39, 0.29) is 18.4 Å². The fraction of sp³-hybridized carbons (Fsp3) is 0.375. The van der Waals surface area contributed by atoms with Crippen molar-refractivity contribution in [1.82, 2.24) is 15.2 Å². The molecule has 2 aliphatic rings. The number of nitrogens with one attached hydrogen (secondary N) is 1. The van der Waals surface area contributed by atoms with Crippen LogP contribution < -0.4 is 10.1 Å². The van der Waals surface area contributed by atoms with Crippen molar-refractivity contribution in [3.05, 3.63) is 70.9 Å². The van der Waals surface area contributed by atoms with E-state index in [9.17, 15) is 14.4 Å². The van der Waals surface area contributed by atoms with Gasteiger partial charge in [0.15, 0.2) is 6.61 Å². The van der Waals surface area contributed by atoms with E-state index < -0.39 is 5.97 Å². The Balaban J connectivity index is 1.34. The van der Waals surface area contributed by atoms with E-state index in [4.69, 9.17) is 14.5 Å². The monoisotopic (exact) mass is 541 g/mol. The second-order valence-corrected chi connectivity index (χ2v) is 10.6. The number of esters is 1. The minimum Gasteiger partial charge on any atom is -0.497 e. The Kier molecular flexibility index (Phi) is 8.43. The van der Waals surface area contributed by atoms with Crippen molar-refractivity contribution in [3.8, 4) is 5.75 Å². The van der Waals surface area contributed by atoms with Gasteiger partial charge in [-0.05, 0) is 72.6 Å². The van der Waals surface area contributed by atoms with Crippen LogP contribution in [0.1, 0.15) is 59.8 Å². The van der Waals surface area contributed by atoms with Crippen LogP contribution in [-0.4, -0.2) is 61.0 Å². The number of hydrogen-bond acceptors (Lipinski definition) is 6. The zero-order chi connectivity index (χ0) is 28.1. The van der Waals surface area contributed by atoms with Gasteiger partial charge in [0.05, 0.1) is 23.9 Å². The molecule has 1 saturated heterocycles. The molecule has 1 atom stereocenters. The van der Waals surface area contributed by atoms with Gasteiger partial charge in [-0.1, -0.05) is 37.3 Å². The summed E-state index contributed by atoms with van der Waals surface area (Å²) in [5, 5.41) is 3.51. The Morgan fingerprint density at radius 3 is 2.67 bits per heavy atom. The average Bonchev–Trinajstić information content (AvgIpc) is 3.37. The number of carbonyl (C=O) groups is 3. The lowest BCUT2D eigenvalue weighted by Crippen LogP contribution is -2.33. The zero-order valence-corrected chi connectivity index (χ0v) is 23.1. The van der Waals surface area contributed by atoms with Gasteiger partial charge < -0.3 is 19.7 Å². The Hall–Kier alpha value is -4.20. The van der Waals surface area contributed by atoms with E-state index in [1.807, 2.05) is 53.4 Å². The maximum atomic E-state index is 13.5. The molecule has 0 saturated carbocycles. The van der Waals surface area contributed by atoms with Gasteiger partial charge in [0.2, 0.25) is 5.91 Å². The lowest BCUT2D eigenvalue weighted by Gasteiger charge is -2.26. The second-order valence-electron chi connectivity index (χ2n) is 10.6. The predicted molar refractivity (Wildman–Crippen MR) is 154 cm³/mol. The normalized spacial score (nSPS) is 17.6. The maximum absolute atomic E-state index is 13.5. The third-order valence-corrected chi connectivity index (χ3v) is 7.51. The highest BCUT2D eigenvalue weighted by molar-refractivity contribution is 6.07. The number of likely N-dealkylation sites (tertiary alicyclic amines) is 1. The molecule has 3 aromatic rings. The smallest absolute Gasteiger partial charge is 0.339 e. The number of hydrogen-bond donors (Lipinski definition) is 1. The average molecular weight is 542 g/mol. The van der Waals surface area contributed by atoms with Crippen LogP contribution in [0.3, 0.4) is 0 Å². The summed E-state index contributed by atoms with van der Waals surface area (Å²) >= 11 is 0. The molecular formula is C32H35N3O5. The number of aromatic nitrogens is 1. The van der Waals surface area contributed by atoms with Crippen LogP contribution in [0.5, 0.6) is 5.75 Å². The van der Waals surface area contributed by atoms with Crippen LogP contribution in [0.25, 0.3) is 22.6 Å². The number of allylic oxidation sites excluding steroid dienone is 1. The van der Waals surface area contributed by atoms with Gasteiger partial charge in [-0.25, -0.2) is 9.78 Å². The van der Waals surface area contributed by atoms with Gasteiger partial charge in [-0.15, -0.1) is 0 Å². The molecule has 0 unspecified atom stereocenters. The fourth-order valence-corrected chi connectivity index (χ4v) is 5.56. The quantitative estimate of drug-likeness (QED) is 0.313. The third-order valence-electron chi connectivity index (χ3n) is 7.51. The van der Waals surface area contributed by atoms with E-state index >= 15 is 0 Å². The Labute approximate surface area is 234 Å². The summed E-state index contributed by atoms with van der Waals surface area (Å²) in [7, 11) is 1.64. The highest BCUT2D eigenvalue weighted by Gasteiger charge is 2.29. The summed E-state index contributed by atoms with van der Waals surface area (Å²) in [5.74, 6) is 0.383. The van der Waals surface area contributed by atoms with Gasteiger partial charge in [0.1, 0.15) is 5.75 Å². The standard InChI is InChI=1S/C32H35N3O5/c1-21-17-23(19-22-10-12-24(39-2)13-11-22)31-26(18-21)30(25-7-3-4-8-27(25)34-31)32(38)40-20-28(36)33-14-6-16-35-15-5-9-29(35)37/h3-4,7-8,10-13,19,21H,5-6,9,14-18,20H2,1-2H3,(H,33,36)/b23-19-/t21-/m1/s1. The Morgan fingerprint density at radius 2 is 1.93 bits per heavy atom. The number of carbonyl (C=O) groups excluding carboxylic acids is 3. The minimum absolute atomic E-state index is 0.171. The zero-order valence-electron chi connectivity index (χ0n) is 23.1. The molecule has 1 N–H and O–H groups in total. The molecule has 208 valence electrons. The molecule has 2 aromatic carbocycles. The number of fused-ring (bicyclic) bond motifs is 2. The molecule has 40 heavy (non-hydrogen) atoms. The van der Waals surface area contributed by atoms with Gasteiger partial charge >= 0.3 is 5.97 Å². The first-order valence-electron chi connectivity index (χ1n) is 13.9. The van der Waals surface area contributed by atoms with E-state index in [1.54, 1.807) is 7.11 Å². The molecule has 0 spiro atoms. The first-order chi connectivity index (χ1) is 19.4. The fourth-order valence-electron chi connectivity index (χ4n) is 5.56. The van der Waals surface area contributed by atoms with Gasteiger partial charge in [-0.2, -0.15) is 0 Å². The molecule has 5 rings (SSSR count). The highest BCUT2D eigenvalue weighted by Crippen LogP contribution is 2.38. The summed E-state index contributed by atoms with van der Waals surface area (Å²) in [4.78, 5) is 44.5. The molecule has 1 fully saturated rings. The highest BCUT2D eigenvalue weighted by atomic mass is 16.5. The molecule has 0 radical (unpaired) electrons. The van der Waals surface area contributed by atoms with Crippen LogP contribution in [0.4, 0.5) is 0 Å². The summed E-state index contributed by atoms with van der Waals surface area (Å²) in [6.07, 6.45) is 5.81. The summed E-state index contributed by atoms with van der Waals surface area (Å²) < 4.78 is 10.8. The topological polar surface area (TPSA) is 97.8 Å². The van der Waals surface area contributed by atoms with Gasteiger partial charge in [-0.3, -0.25) is 9.59 Å². The van der Waals surface area contributed by atoms with Crippen molar-refractivity contribution < 1.29 is 23.9 Å². The first-order valence-corrected chi connectivity index (χ1v) is 13.9. The van der Waals surface area contributed by atoms with E-state index in [1.165, 1.54) is 0 Å². The third kappa shape index (κ3) is 6.17. The summed E-state index contributed by atoms with van der Waals surface area (Å²) in [6, 6.07) is 15.4. The number of nitrogens with zero attached hydrogens (tertiary/aromatic N) is 2. The number of amides is 2. The molecular weight excluding hydrogens is 506 g/mol. The number of pyridine rings is 1. The van der Waals surface area contributed by atoms with Gasteiger partial charge in [0, 0.05) is 31.4 Å². The minimum atomic E-state index is -0.523. The summed E-state index contributed by atoms with van der Waals surface area (Å²) in [6.45, 7) is 3.63. The number of benzene rings is 2. The lowest BCUT2D eigenvalue weighted by atomic mass is 9.80. The van der Waals surface area contributed by atoms with E-state index in [0.717, 1.165) is 52.9 Å². The van der Waals surface area contributed by atoms with Crippen LogP contribution in [-0.2, 0) is 20.7 Å². The van der Waals surface area contributed by atoms with Crippen molar-refractivity contribution >= 4 is 40.3 Å². The van der Waals surface area contributed by atoms with Crippen molar-refractivity contribution in [2.45, 2.75) is 39.0 Å². The van der Waals surface area contributed by atoms with Crippen molar-refractivity contribution in [2.24, 2.45) is 5.92 Å². The Morgan fingerprint density at radius 1 is 1.12 bits per heavy atom. The van der Waals surface area contributed by atoms with Crippen LogP contribution in [0.15, 0.2) is 48.5 Å². The maximum Gasteiger partial charge on any atom is 0.339 e. The predicted octanol–water partition coefficient (Wildman–Crippen LogP) is 4.65. The molecule has 8 nitrogen and oxygen atoms in total. The number of para-hydroxylation sites is 1.